The number of aromatic hydroxyl groups is 2. The van der Waals surface area contributed by atoms with Crippen molar-refractivity contribution in [2.45, 2.75) is 100 Å². The molecule has 1 fully saturated rings. The van der Waals surface area contributed by atoms with Crippen LogP contribution < -0.4 is 60.2 Å². The molecule has 4 aromatic rings. The number of nitrogens with one attached hydrogen (secondary N) is 8. The SMILES string of the molecule is C[C@@H](O)[C@@H]1NC(=O)[C@H](CCCCNC(=N)N)NC(=O)[C@@H](Cc2ccc(C(N)=O)cc2)NC(=O)[C@H](Cc2ccc(O)cc2)NC(=O)[C@H](NC(=O)[C@@H](N)Cc2ccc(Cl)cc2)CSSC[C@@H](C(=O)/N=C(\Cc2ccc(O)cc2)C(N)=O)NC1=O. The van der Waals surface area contributed by atoms with E-state index in [4.69, 9.17) is 39.9 Å². The van der Waals surface area contributed by atoms with Gasteiger partial charge in [-0.05, 0) is 103 Å². The highest BCUT2D eigenvalue weighted by Gasteiger charge is 2.36. The number of nitrogens with two attached hydrogens (primary N) is 4. The maximum Gasteiger partial charge on any atom is 0.269 e. The molecule has 0 bridgehead atoms. The van der Waals surface area contributed by atoms with Crippen LogP contribution in [-0.4, -0.2) is 147 Å². The zero-order chi connectivity index (χ0) is 60.0. The molecule has 0 spiro atoms. The highest BCUT2D eigenvalue weighted by Crippen LogP contribution is 2.25. The molecule has 4 aromatic carbocycles. The molecule has 82 heavy (non-hydrogen) atoms. The van der Waals surface area contributed by atoms with Crippen molar-refractivity contribution in [3.8, 4) is 11.5 Å². The Kier molecular flexibility index (Phi) is 24.9. The molecule has 0 radical (unpaired) electrons. The van der Waals surface area contributed by atoms with Gasteiger partial charge in [0.1, 0.15) is 53.5 Å². The molecule has 438 valence electrons. The van der Waals surface area contributed by atoms with Crippen LogP contribution >= 0.6 is 33.2 Å². The second-order valence-corrected chi connectivity index (χ2v) is 22.1. The zero-order valence-corrected chi connectivity index (χ0v) is 46.8. The second-order valence-electron chi connectivity index (χ2n) is 19.1. The van der Waals surface area contributed by atoms with E-state index in [-0.39, 0.29) is 79.6 Å². The lowest BCUT2D eigenvalue weighted by molar-refractivity contribution is -0.136. The van der Waals surface area contributed by atoms with E-state index in [1.54, 1.807) is 24.3 Å². The number of carbonyl (C=O) groups excluding carboxylic acids is 9. The number of aliphatic hydroxyl groups is 1. The van der Waals surface area contributed by atoms with Crippen LogP contribution in [0.2, 0.25) is 5.02 Å². The minimum atomic E-state index is -1.82. The van der Waals surface area contributed by atoms with E-state index < -0.39 is 107 Å². The number of rotatable bonds is 19. The molecule has 1 aliphatic rings. The van der Waals surface area contributed by atoms with E-state index in [2.05, 4.69) is 42.2 Å². The number of hydrogen-bond acceptors (Lipinski definition) is 16. The molecule has 1 heterocycles. The summed E-state index contributed by atoms with van der Waals surface area (Å²) in [4.78, 5) is 130. The predicted molar refractivity (Wildman–Crippen MR) is 309 cm³/mol. The number of aliphatic hydroxyl groups excluding tert-OH is 1. The maximum atomic E-state index is 14.8. The van der Waals surface area contributed by atoms with Gasteiger partial charge in [0.15, 0.2) is 5.96 Å². The first kappa shape index (κ1) is 64.6. The lowest BCUT2D eigenvalue weighted by Crippen LogP contribution is -2.61. The van der Waals surface area contributed by atoms with Crippen LogP contribution in [0.4, 0.5) is 0 Å². The summed E-state index contributed by atoms with van der Waals surface area (Å²) >= 11 is 6.07. The Morgan fingerprint density at radius 3 is 1.74 bits per heavy atom. The van der Waals surface area contributed by atoms with Crippen molar-refractivity contribution in [3.63, 3.8) is 0 Å². The van der Waals surface area contributed by atoms with Gasteiger partial charge in [-0.25, -0.2) is 4.99 Å². The fraction of sp³-hybridized carbons (Fsp3) is 0.352. The highest BCUT2D eigenvalue weighted by atomic mass is 35.5. The smallest absolute Gasteiger partial charge is 0.269 e. The summed E-state index contributed by atoms with van der Waals surface area (Å²) in [6.45, 7) is 1.36. The maximum absolute atomic E-state index is 14.8. The molecule has 0 aliphatic carbocycles. The number of nitrogens with zero attached hydrogens (tertiary/aromatic N) is 1. The summed E-state index contributed by atoms with van der Waals surface area (Å²) in [6, 6.07) is 12.9. The lowest BCUT2D eigenvalue weighted by atomic mass is 10.00. The van der Waals surface area contributed by atoms with Gasteiger partial charge in [0.05, 0.1) is 12.1 Å². The highest BCUT2D eigenvalue weighted by molar-refractivity contribution is 8.76. The number of hydrogen-bond donors (Lipinski definition) is 15. The number of phenols is 2. The standard InChI is InChI=1S/C54H66ClN13O12S2/c1-28(69)44-53(80)67-43(51(78)63-39(46(58)73)23-31-9-17-35(70)18-10-31)27-82-81-26-42(66-47(74)37(56)22-29-7-15-34(55)16-8-29)52(79)65-41(25-32-11-19-36(71)20-12-32)50(77)64-40(24-30-5-13-33(14-6-30)45(57)72)49(76)62-38(48(75)68-44)4-2-3-21-61-54(59)60/h5-20,28,37-38,40-44,69-71H,2-4,21-27,56H2,1H3,(H2,57,72)(H2,58,73)(H,62,76)(H,64,77)(H,65,79)(H,66,74)(H,67,80)(H,68,75)(H4,59,60,61)/b63-39+/t28-,37+,38+,40-,41+,42-,43+,44+/m1/s1. The fourth-order valence-electron chi connectivity index (χ4n) is 8.07. The molecule has 25 nitrogen and oxygen atoms in total. The molecule has 9 amide bonds. The molecular formula is C54H66ClN13O12S2. The minimum absolute atomic E-state index is 0.00963. The van der Waals surface area contributed by atoms with Crippen LogP contribution in [0.5, 0.6) is 11.5 Å². The average molecular weight is 1190 g/mol. The first-order chi connectivity index (χ1) is 38.9. The average Bonchev–Trinajstić information content (AvgIpc) is 3.62. The van der Waals surface area contributed by atoms with Gasteiger partial charge in [-0.1, -0.05) is 81.7 Å². The van der Waals surface area contributed by atoms with Crippen LogP contribution in [0.1, 0.15) is 58.8 Å². The van der Waals surface area contributed by atoms with Crippen molar-refractivity contribution in [1.29, 1.82) is 5.41 Å². The topological polar surface area (TPSA) is 439 Å². The Bertz CT molecular complexity index is 2960. The Morgan fingerprint density at radius 2 is 1.20 bits per heavy atom. The van der Waals surface area contributed by atoms with E-state index >= 15 is 0 Å². The third-order valence-electron chi connectivity index (χ3n) is 12.6. The molecule has 5 rings (SSSR count). The summed E-state index contributed by atoms with van der Waals surface area (Å²) < 4.78 is 0. The van der Waals surface area contributed by atoms with Crippen molar-refractivity contribution in [1.82, 2.24) is 37.2 Å². The van der Waals surface area contributed by atoms with Crippen LogP contribution in [-0.2, 0) is 64.0 Å². The van der Waals surface area contributed by atoms with Gasteiger partial charge >= 0.3 is 0 Å². The molecule has 28 heteroatoms. The Labute approximate surface area is 484 Å². The summed E-state index contributed by atoms with van der Waals surface area (Å²) in [7, 11) is 1.83. The number of benzene rings is 4. The van der Waals surface area contributed by atoms with Gasteiger partial charge in [0.2, 0.25) is 41.4 Å². The molecule has 0 saturated carbocycles. The van der Waals surface area contributed by atoms with Crippen molar-refractivity contribution >= 4 is 98.0 Å². The number of carbonyl (C=O) groups is 9. The fourth-order valence-corrected chi connectivity index (χ4v) is 10.5. The molecule has 0 aromatic heterocycles. The van der Waals surface area contributed by atoms with Gasteiger partial charge in [-0.3, -0.25) is 48.6 Å². The van der Waals surface area contributed by atoms with Gasteiger partial charge in [0, 0.05) is 47.9 Å². The lowest BCUT2D eigenvalue weighted by Gasteiger charge is -2.29. The number of primary amides is 2. The summed E-state index contributed by atoms with van der Waals surface area (Å²) in [6.07, 6.45) is -2.10. The first-order valence-corrected chi connectivity index (χ1v) is 28.5. The van der Waals surface area contributed by atoms with Crippen molar-refractivity contribution in [2.75, 3.05) is 18.1 Å². The Balaban J connectivity index is 1.60. The molecule has 19 N–H and O–H groups in total. The van der Waals surface area contributed by atoms with Crippen LogP contribution in [0.25, 0.3) is 0 Å². The monoisotopic (exact) mass is 1190 g/mol. The summed E-state index contributed by atoms with van der Waals surface area (Å²) in [5.74, 6) is -9.80. The molecule has 1 aliphatic heterocycles. The number of unbranched alkanes of at least 4 members (excludes halogenated alkanes) is 1. The normalized spacial score (nSPS) is 20.5. The van der Waals surface area contributed by atoms with Crippen LogP contribution in [0.3, 0.4) is 0 Å². The number of phenolic OH excluding ortho intramolecular Hbond substituents is 2. The number of guanidine groups is 1. The van der Waals surface area contributed by atoms with Crippen LogP contribution in [0, 0.1) is 5.41 Å². The third kappa shape index (κ3) is 21.0. The van der Waals surface area contributed by atoms with Gasteiger partial charge in [0.25, 0.3) is 11.8 Å². The van der Waals surface area contributed by atoms with E-state index in [1.807, 2.05) is 0 Å². The van der Waals surface area contributed by atoms with E-state index in [0.29, 0.717) is 33.7 Å². The molecule has 8 atom stereocenters. The number of amides is 9. The summed E-state index contributed by atoms with van der Waals surface area (Å²) in [5, 5.41) is 57.2. The van der Waals surface area contributed by atoms with Gasteiger partial charge < -0.3 is 75.5 Å². The molecular weight excluding hydrogens is 1120 g/mol. The molecule has 0 unspecified atom stereocenters. The minimum Gasteiger partial charge on any atom is -0.508 e. The van der Waals surface area contributed by atoms with E-state index in [0.717, 1.165) is 21.6 Å². The van der Waals surface area contributed by atoms with E-state index in [1.165, 1.54) is 79.7 Å². The predicted octanol–water partition coefficient (Wildman–Crippen LogP) is -0.761. The third-order valence-corrected chi connectivity index (χ3v) is 15.3. The van der Waals surface area contributed by atoms with Crippen molar-refractivity contribution < 1.29 is 58.5 Å². The van der Waals surface area contributed by atoms with Crippen LogP contribution in [0.15, 0.2) is 102 Å². The van der Waals surface area contributed by atoms with Crippen molar-refractivity contribution in [3.05, 3.63) is 130 Å². The second kappa shape index (κ2) is 31.7. The number of aliphatic imine (C=N–C) groups is 1. The Hall–Kier alpha value is -8.24. The van der Waals surface area contributed by atoms with Crippen molar-refractivity contribution in [2.24, 2.45) is 27.9 Å². The zero-order valence-electron chi connectivity index (χ0n) is 44.4. The van der Waals surface area contributed by atoms with Gasteiger partial charge in [-0.2, -0.15) is 0 Å². The largest absolute Gasteiger partial charge is 0.508 e. The Morgan fingerprint density at radius 1 is 0.683 bits per heavy atom. The molecule has 1 saturated heterocycles. The van der Waals surface area contributed by atoms with E-state index in [9.17, 15) is 58.5 Å². The first-order valence-electron chi connectivity index (χ1n) is 25.6. The quantitative estimate of drug-likeness (QED) is 0.0237. The number of halogens is 1. The van der Waals surface area contributed by atoms with Gasteiger partial charge in [-0.15, -0.1) is 0 Å². The summed E-state index contributed by atoms with van der Waals surface area (Å²) in [5.41, 5.74) is 24.5.